The molecule has 6 nitrogen and oxygen atoms in total. The predicted molar refractivity (Wildman–Crippen MR) is 66.3 cm³/mol. The molecule has 0 saturated heterocycles. The first-order chi connectivity index (χ1) is 8.76. The van der Waals surface area contributed by atoms with Crippen LogP contribution in [0.15, 0.2) is 23.3 Å². The summed E-state index contributed by atoms with van der Waals surface area (Å²) < 4.78 is 15.6. The summed E-state index contributed by atoms with van der Waals surface area (Å²) in [5.41, 5.74) is 0.355. The van der Waals surface area contributed by atoms with Gasteiger partial charge in [0.15, 0.2) is 11.5 Å². The number of hydrogen-bond acceptors (Lipinski definition) is 5. The van der Waals surface area contributed by atoms with E-state index in [0.717, 1.165) is 0 Å². The van der Waals surface area contributed by atoms with Crippen molar-refractivity contribution in [1.82, 2.24) is 9.97 Å². The summed E-state index contributed by atoms with van der Waals surface area (Å²) in [5.74, 6) is 1.04. The fraction of sp³-hybridized carbons (Fsp3) is 0.333. The van der Waals surface area contributed by atoms with Gasteiger partial charge in [-0.2, -0.15) is 0 Å². The van der Waals surface area contributed by atoms with Crippen molar-refractivity contribution in [2.45, 2.75) is 0 Å². The van der Waals surface area contributed by atoms with Gasteiger partial charge in [0, 0.05) is 13.2 Å². The second kappa shape index (κ2) is 5.50. The second-order valence-corrected chi connectivity index (χ2v) is 3.59. The zero-order valence-corrected chi connectivity index (χ0v) is 10.2. The van der Waals surface area contributed by atoms with Gasteiger partial charge in [-0.3, -0.25) is 4.79 Å². The van der Waals surface area contributed by atoms with Crippen molar-refractivity contribution in [3.63, 3.8) is 0 Å². The molecule has 0 unspecified atom stereocenters. The van der Waals surface area contributed by atoms with Crippen LogP contribution in [0.25, 0.3) is 10.9 Å². The molecule has 2 rings (SSSR count). The van der Waals surface area contributed by atoms with Crippen molar-refractivity contribution in [3.8, 4) is 11.5 Å². The molecule has 1 aromatic carbocycles. The SMILES string of the molecule is COCCOc1cc2c(=O)[nH]cnc2cc1OC. The highest BCUT2D eigenvalue weighted by Gasteiger charge is 2.09. The first-order valence-electron chi connectivity index (χ1n) is 5.43. The maximum absolute atomic E-state index is 11.6. The zero-order valence-electron chi connectivity index (χ0n) is 10.2. The first kappa shape index (κ1) is 12.4. The number of rotatable bonds is 5. The number of nitrogens with zero attached hydrogens (tertiary/aromatic N) is 1. The van der Waals surface area contributed by atoms with Crippen molar-refractivity contribution in [1.29, 1.82) is 0 Å². The molecule has 0 aliphatic carbocycles. The summed E-state index contributed by atoms with van der Waals surface area (Å²) in [4.78, 5) is 18.2. The average molecular weight is 250 g/mol. The van der Waals surface area contributed by atoms with Crippen LogP contribution in [0.5, 0.6) is 11.5 Å². The third-order valence-corrected chi connectivity index (χ3v) is 2.47. The lowest BCUT2D eigenvalue weighted by atomic mass is 10.2. The number of methoxy groups -OCH3 is 2. The van der Waals surface area contributed by atoms with Crippen LogP contribution in [0.4, 0.5) is 0 Å². The van der Waals surface area contributed by atoms with E-state index in [1.165, 1.54) is 13.4 Å². The zero-order chi connectivity index (χ0) is 13.0. The van der Waals surface area contributed by atoms with Crippen molar-refractivity contribution in [2.24, 2.45) is 0 Å². The lowest BCUT2D eigenvalue weighted by molar-refractivity contribution is 0.144. The van der Waals surface area contributed by atoms with Gasteiger partial charge in [-0.1, -0.05) is 0 Å². The predicted octanol–water partition coefficient (Wildman–Crippen LogP) is 0.957. The molecule has 0 bridgehead atoms. The molecule has 96 valence electrons. The van der Waals surface area contributed by atoms with E-state index in [9.17, 15) is 4.79 Å². The van der Waals surface area contributed by atoms with Crippen molar-refractivity contribution >= 4 is 10.9 Å². The molecule has 0 radical (unpaired) electrons. The van der Waals surface area contributed by atoms with Gasteiger partial charge in [0.25, 0.3) is 5.56 Å². The highest BCUT2D eigenvalue weighted by Crippen LogP contribution is 2.30. The van der Waals surface area contributed by atoms with E-state index in [1.54, 1.807) is 19.2 Å². The van der Waals surface area contributed by atoms with Gasteiger partial charge in [-0.05, 0) is 6.07 Å². The van der Waals surface area contributed by atoms with E-state index in [2.05, 4.69) is 9.97 Å². The third-order valence-electron chi connectivity index (χ3n) is 2.47. The largest absolute Gasteiger partial charge is 0.493 e. The molecule has 0 fully saturated rings. The molecule has 6 heteroatoms. The highest BCUT2D eigenvalue weighted by atomic mass is 16.5. The number of aromatic nitrogens is 2. The molecule has 0 amide bonds. The summed E-state index contributed by atoms with van der Waals surface area (Å²) in [6.45, 7) is 0.848. The van der Waals surface area contributed by atoms with Crippen LogP contribution in [0.1, 0.15) is 0 Å². The van der Waals surface area contributed by atoms with Crippen molar-refractivity contribution in [2.75, 3.05) is 27.4 Å². The van der Waals surface area contributed by atoms with Crippen LogP contribution in [-0.4, -0.2) is 37.4 Å². The van der Waals surface area contributed by atoms with E-state index in [0.29, 0.717) is 35.6 Å². The second-order valence-electron chi connectivity index (χ2n) is 3.59. The molecular formula is C12H14N2O4. The molecule has 1 N–H and O–H groups in total. The number of H-pyrrole nitrogens is 1. The molecule has 18 heavy (non-hydrogen) atoms. The molecule has 2 aromatic rings. The molecule has 0 aliphatic heterocycles. The number of fused-ring (bicyclic) bond motifs is 1. The van der Waals surface area contributed by atoms with Crippen LogP contribution >= 0.6 is 0 Å². The Kier molecular flexibility index (Phi) is 3.78. The van der Waals surface area contributed by atoms with Crippen LogP contribution in [0.3, 0.4) is 0 Å². The van der Waals surface area contributed by atoms with Crippen LogP contribution in [0, 0.1) is 0 Å². The van der Waals surface area contributed by atoms with Gasteiger partial charge in [0.05, 0.1) is 30.9 Å². The van der Waals surface area contributed by atoms with E-state index in [1.807, 2.05) is 0 Å². The van der Waals surface area contributed by atoms with E-state index >= 15 is 0 Å². The van der Waals surface area contributed by atoms with Gasteiger partial charge in [-0.25, -0.2) is 4.98 Å². The van der Waals surface area contributed by atoms with Gasteiger partial charge in [0.1, 0.15) is 6.61 Å². The summed E-state index contributed by atoms with van der Waals surface area (Å²) in [6, 6.07) is 3.29. The summed E-state index contributed by atoms with van der Waals surface area (Å²) in [6.07, 6.45) is 1.36. The fourth-order valence-electron chi connectivity index (χ4n) is 1.58. The Morgan fingerprint density at radius 3 is 2.78 bits per heavy atom. The number of nitrogens with one attached hydrogen (secondary N) is 1. The number of ether oxygens (including phenoxy) is 3. The summed E-state index contributed by atoms with van der Waals surface area (Å²) in [5, 5.41) is 0.464. The Bertz CT molecular complexity index is 594. The molecule has 0 spiro atoms. The van der Waals surface area contributed by atoms with Crippen molar-refractivity contribution < 1.29 is 14.2 Å². The Balaban J connectivity index is 2.43. The van der Waals surface area contributed by atoms with Crippen molar-refractivity contribution in [3.05, 3.63) is 28.8 Å². The minimum atomic E-state index is -0.209. The Hall–Kier alpha value is -2.08. The monoisotopic (exact) mass is 250 g/mol. The quantitative estimate of drug-likeness (QED) is 0.800. The topological polar surface area (TPSA) is 73.4 Å². The Morgan fingerprint density at radius 1 is 1.22 bits per heavy atom. The smallest absolute Gasteiger partial charge is 0.258 e. The number of hydrogen-bond donors (Lipinski definition) is 1. The molecule has 1 aromatic heterocycles. The highest BCUT2D eigenvalue weighted by molar-refractivity contribution is 5.81. The Labute approximate surface area is 104 Å². The number of aromatic amines is 1. The normalized spacial score (nSPS) is 10.6. The van der Waals surface area contributed by atoms with E-state index in [-0.39, 0.29) is 5.56 Å². The molecule has 1 heterocycles. The number of benzene rings is 1. The molecule has 0 saturated carbocycles. The summed E-state index contributed by atoms with van der Waals surface area (Å²) >= 11 is 0. The lowest BCUT2D eigenvalue weighted by Gasteiger charge is -2.11. The fourth-order valence-corrected chi connectivity index (χ4v) is 1.58. The third kappa shape index (κ3) is 2.43. The molecular weight excluding hydrogens is 236 g/mol. The standard InChI is InChI=1S/C12H14N2O4/c1-16-3-4-18-11-5-8-9(6-10(11)17-2)13-7-14-12(8)15/h5-7H,3-4H2,1-2H3,(H,13,14,15). The maximum atomic E-state index is 11.6. The van der Waals surface area contributed by atoms with Gasteiger partial charge < -0.3 is 19.2 Å². The molecule has 0 aliphatic rings. The van der Waals surface area contributed by atoms with Crippen LogP contribution in [-0.2, 0) is 4.74 Å². The van der Waals surface area contributed by atoms with Gasteiger partial charge in [0.2, 0.25) is 0 Å². The van der Waals surface area contributed by atoms with Gasteiger partial charge in [-0.15, -0.1) is 0 Å². The summed E-state index contributed by atoms with van der Waals surface area (Å²) in [7, 11) is 3.13. The van der Waals surface area contributed by atoms with Gasteiger partial charge >= 0.3 is 0 Å². The Morgan fingerprint density at radius 2 is 2.06 bits per heavy atom. The van der Waals surface area contributed by atoms with Crippen LogP contribution in [0.2, 0.25) is 0 Å². The van der Waals surface area contributed by atoms with E-state index < -0.39 is 0 Å². The van der Waals surface area contributed by atoms with E-state index in [4.69, 9.17) is 14.2 Å². The lowest BCUT2D eigenvalue weighted by Crippen LogP contribution is -2.09. The maximum Gasteiger partial charge on any atom is 0.258 e. The molecule has 0 atom stereocenters. The minimum Gasteiger partial charge on any atom is -0.493 e. The average Bonchev–Trinajstić information content (AvgIpc) is 2.39. The minimum absolute atomic E-state index is 0.209. The van der Waals surface area contributed by atoms with Crippen LogP contribution < -0.4 is 15.0 Å². The first-order valence-corrected chi connectivity index (χ1v) is 5.43.